The highest BCUT2D eigenvalue weighted by molar-refractivity contribution is 8.01. The van der Waals surface area contributed by atoms with Gasteiger partial charge in [0.15, 0.2) is 0 Å². The van der Waals surface area contributed by atoms with Gasteiger partial charge in [-0.15, -0.1) is 28.2 Å². The first kappa shape index (κ1) is 27.3. The summed E-state index contributed by atoms with van der Waals surface area (Å²) in [6.07, 6.45) is 0.939. The summed E-state index contributed by atoms with van der Waals surface area (Å²) in [6, 6.07) is 0.0816. The van der Waals surface area contributed by atoms with E-state index in [0.29, 0.717) is 26.0 Å². The molecule has 0 spiro atoms. The average Bonchev–Trinajstić information content (AvgIpc) is 3.66. The lowest BCUT2D eigenvalue weighted by Crippen LogP contribution is -2.71. The van der Waals surface area contributed by atoms with Gasteiger partial charge in [0.05, 0.1) is 6.20 Å². The number of imidazole rings is 1. The molecule has 6 N–H and O–H groups in total. The van der Waals surface area contributed by atoms with E-state index in [1.165, 1.54) is 39.5 Å². The van der Waals surface area contributed by atoms with E-state index in [9.17, 15) is 34.2 Å². The van der Waals surface area contributed by atoms with Gasteiger partial charge < -0.3 is 20.8 Å². The zero-order chi connectivity index (χ0) is 28.6. The van der Waals surface area contributed by atoms with Crippen LogP contribution in [0.3, 0.4) is 0 Å². The molecule has 1 saturated heterocycles. The Hall–Kier alpha value is -4.30. The van der Waals surface area contributed by atoms with E-state index in [1.54, 1.807) is 24.6 Å². The fourth-order valence-electron chi connectivity index (χ4n) is 3.99. The Bertz CT molecular complexity index is 1560. The van der Waals surface area contributed by atoms with Crippen LogP contribution >= 0.6 is 34.9 Å². The molecule has 40 heavy (non-hydrogen) atoms. The highest BCUT2D eigenvalue weighted by Gasteiger charge is 2.54. The number of rotatable bonds is 9. The first-order valence-electron chi connectivity index (χ1n) is 11.3. The third kappa shape index (κ3) is 5.27. The Balaban J connectivity index is 1.28. The number of nitrogens with zero attached hydrogens (tertiary/aromatic N) is 6. The standard InChI is InChI=1S/C20H20N10O7S3/c1-28-20(24-26-27-28)40-7-8-6-39-16-12(15(33)30(16)13(8)17(34)35)22-14(32)11(9-3-2-4-38-9)23-18(36)25-29-5-10(31)21-19(29)37/h2-5,11-12,16,31H,6-7H2,1H3,(H,21,37)(H,22,32)(H,34,35)(H2,23,25,36)/t11?,12-,16?/m0/s1. The second kappa shape index (κ2) is 11.1. The maximum absolute atomic E-state index is 13.3. The van der Waals surface area contributed by atoms with E-state index >= 15 is 0 Å². The molecule has 2 aliphatic heterocycles. The van der Waals surface area contributed by atoms with Crippen LogP contribution in [0.15, 0.2) is 44.9 Å². The average molecular weight is 609 g/mol. The van der Waals surface area contributed by atoms with Crippen LogP contribution in [0.25, 0.3) is 0 Å². The number of fused-ring (bicyclic) bond motifs is 1. The SMILES string of the molecule is Cn1nnnc1SCC1=C(C(=O)O)N2C(=O)[C@H](NC(=O)C(NC(=O)Nn3cc(O)[nH]c3=O)c3cccs3)C2SC1. The number of β-lactam (4-membered cyclic amide) rings is 1. The van der Waals surface area contributed by atoms with Crippen LogP contribution in [0.5, 0.6) is 5.88 Å². The predicted molar refractivity (Wildman–Crippen MR) is 141 cm³/mol. The maximum atomic E-state index is 13.3. The summed E-state index contributed by atoms with van der Waals surface area (Å²) in [5, 5.41) is 37.0. The number of carbonyl (C=O) groups excluding carboxylic acids is 3. The molecular formula is C20H20N10O7S3. The highest BCUT2D eigenvalue weighted by Crippen LogP contribution is 2.41. The Kier molecular flexibility index (Phi) is 7.54. The molecule has 1 fully saturated rings. The number of thiophene rings is 1. The maximum Gasteiger partial charge on any atom is 0.352 e. The Labute approximate surface area is 236 Å². The second-order valence-electron chi connectivity index (χ2n) is 8.38. The molecule has 5 heterocycles. The van der Waals surface area contributed by atoms with Gasteiger partial charge in [-0.1, -0.05) is 17.8 Å². The molecule has 3 aromatic rings. The molecule has 3 atom stereocenters. The third-order valence-electron chi connectivity index (χ3n) is 5.80. The van der Waals surface area contributed by atoms with Crippen LogP contribution in [0, 0.1) is 0 Å². The van der Waals surface area contributed by atoms with E-state index in [0.717, 1.165) is 11.1 Å². The number of urea groups is 1. The van der Waals surface area contributed by atoms with E-state index in [4.69, 9.17) is 0 Å². The van der Waals surface area contributed by atoms with Crippen LogP contribution in [0.2, 0.25) is 0 Å². The number of carboxylic acids is 1. The van der Waals surface area contributed by atoms with Gasteiger partial charge >= 0.3 is 17.7 Å². The van der Waals surface area contributed by atoms with Crippen molar-refractivity contribution in [2.75, 3.05) is 16.9 Å². The summed E-state index contributed by atoms with van der Waals surface area (Å²) < 4.78 is 2.14. The minimum absolute atomic E-state index is 0.144. The van der Waals surface area contributed by atoms with Crippen molar-refractivity contribution in [3.63, 3.8) is 0 Å². The molecule has 5 rings (SSSR count). The number of aromatic amines is 1. The van der Waals surface area contributed by atoms with Crippen molar-refractivity contribution < 1.29 is 29.4 Å². The number of carboxylic acid groups (broad SMARTS) is 1. The van der Waals surface area contributed by atoms with Gasteiger partial charge in [0.1, 0.15) is 23.2 Å². The summed E-state index contributed by atoms with van der Waals surface area (Å²) in [5.74, 6) is -2.51. The lowest BCUT2D eigenvalue weighted by Gasteiger charge is -2.49. The fourth-order valence-corrected chi connectivity index (χ4v) is 7.09. The number of nitrogens with one attached hydrogen (secondary N) is 4. The number of aromatic nitrogens is 6. The van der Waals surface area contributed by atoms with Crippen LogP contribution in [0.4, 0.5) is 4.79 Å². The topological polar surface area (TPSA) is 229 Å². The molecule has 0 aliphatic carbocycles. The first-order valence-corrected chi connectivity index (χ1v) is 14.2. The van der Waals surface area contributed by atoms with E-state index in [-0.39, 0.29) is 11.4 Å². The molecule has 0 saturated carbocycles. The number of aliphatic carboxylic acids is 1. The van der Waals surface area contributed by atoms with Crippen LogP contribution in [-0.2, 0) is 21.4 Å². The number of carbonyl (C=O) groups is 4. The van der Waals surface area contributed by atoms with Crippen LogP contribution in [0.1, 0.15) is 10.9 Å². The quantitative estimate of drug-likeness (QED) is 0.127. The molecule has 0 radical (unpaired) electrons. The molecule has 3 aromatic heterocycles. The third-order valence-corrected chi connectivity index (χ3v) is 9.17. The Morgan fingerprint density at radius 1 is 1.32 bits per heavy atom. The van der Waals surface area contributed by atoms with Crippen molar-refractivity contribution in [2.24, 2.45) is 7.05 Å². The summed E-state index contributed by atoms with van der Waals surface area (Å²) in [4.78, 5) is 66.4. The van der Waals surface area contributed by atoms with Crippen molar-refractivity contribution in [3.05, 3.63) is 50.3 Å². The van der Waals surface area contributed by atoms with E-state index < -0.39 is 52.8 Å². The van der Waals surface area contributed by atoms with Gasteiger partial charge in [0.25, 0.3) is 5.91 Å². The molecule has 2 unspecified atom stereocenters. The van der Waals surface area contributed by atoms with Crippen molar-refractivity contribution in [1.29, 1.82) is 0 Å². The molecular weight excluding hydrogens is 588 g/mol. The zero-order valence-electron chi connectivity index (χ0n) is 20.3. The second-order valence-corrected chi connectivity index (χ2v) is 11.4. The summed E-state index contributed by atoms with van der Waals surface area (Å²) >= 11 is 3.72. The number of aryl methyl sites for hydroxylation is 1. The number of H-pyrrole nitrogens is 1. The van der Waals surface area contributed by atoms with Crippen molar-refractivity contribution in [1.82, 2.24) is 45.4 Å². The van der Waals surface area contributed by atoms with Gasteiger partial charge in [-0.2, -0.15) is 0 Å². The van der Waals surface area contributed by atoms with Gasteiger partial charge in [0.2, 0.25) is 16.9 Å². The van der Waals surface area contributed by atoms with E-state index in [1.807, 2.05) is 0 Å². The molecule has 4 amide bonds. The van der Waals surface area contributed by atoms with Crippen molar-refractivity contribution >= 4 is 58.7 Å². The van der Waals surface area contributed by atoms with E-state index in [2.05, 4.69) is 36.6 Å². The van der Waals surface area contributed by atoms with Gasteiger partial charge in [-0.3, -0.25) is 19.5 Å². The monoisotopic (exact) mass is 608 g/mol. The minimum atomic E-state index is -1.27. The normalized spacial score (nSPS) is 19.0. The smallest absolute Gasteiger partial charge is 0.352 e. The molecule has 0 aromatic carbocycles. The number of hydrogen-bond acceptors (Lipinski definition) is 12. The summed E-state index contributed by atoms with van der Waals surface area (Å²) in [6.45, 7) is 0. The first-order chi connectivity index (χ1) is 19.1. The number of hydrogen-bond donors (Lipinski definition) is 6. The van der Waals surface area contributed by atoms with Crippen LogP contribution in [-0.4, -0.2) is 91.7 Å². The number of aromatic hydroxyl groups is 1. The lowest BCUT2D eigenvalue weighted by molar-refractivity contribution is -0.150. The minimum Gasteiger partial charge on any atom is -0.493 e. The Morgan fingerprint density at radius 2 is 2.12 bits per heavy atom. The van der Waals surface area contributed by atoms with Crippen LogP contribution < -0.4 is 21.7 Å². The molecule has 20 heteroatoms. The molecule has 0 bridgehead atoms. The van der Waals surface area contributed by atoms with Crippen molar-refractivity contribution in [2.45, 2.75) is 22.6 Å². The van der Waals surface area contributed by atoms with Gasteiger partial charge in [-0.05, 0) is 27.4 Å². The molecule has 2 aliphatic rings. The van der Waals surface area contributed by atoms with Gasteiger partial charge in [-0.25, -0.2) is 29.2 Å². The molecule has 210 valence electrons. The highest BCUT2D eigenvalue weighted by atomic mass is 32.2. The predicted octanol–water partition coefficient (Wildman–Crippen LogP) is -1.01. The van der Waals surface area contributed by atoms with Gasteiger partial charge in [0, 0.05) is 23.4 Å². The number of thioether (sulfide) groups is 2. The molecule has 17 nitrogen and oxygen atoms in total. The lowest BCUT2D eigenvalue weighted by atomic mass is 10.0. The fraction of sp³-hybridized carbons (Fsp3) is 0.300. The zero-order valence-corrected chi connectivity index (χ0v) is 22.7. The Morgan fingerprint density at radius 3 is 2.75 bits per heavy atom. The number of tetrazole rings is 1. The largest absolute Gasteiger partial charge is 0.493 e. The number of amides is 4. The summed E-state index contributed by atoms with van der Waals surface area (Å²) in [7, 11) is 1.65. The van der Waals surface area contributed by atoms with Crippen molar-refractivity contribution in [3.8, 4) is 5.88 Å². The summed E-state index contributed by atoms with van der Waals surface area (Å²) in [5.41, 5.74) is 1.74.